The van der Waals surface area contributed by atoms with Gasteiger partial charge in [0.15, 0.2) is 0 Å². The Morgan fingerprint density at radius 1 is 1.19 bits per heavy atom. The van der Waals surface area contributed by atoms with Gasteiger partial charge in [0.05, 0.1) is 0 Å². The second-order valence-electron chi connectivity index (χ2n) is 5.76. The highest BCUT2D eigenvalue weighted by molar-refractivity contribution is 5.98. The van der Waals surface area contributed by atoms with Gasteiger partial charge in [-0.15, -0.1) is 0 Å². The van der Waals surface area contributed by atoms with Gasteiger partial charge in [-0.25, -0.2) is 0 Å². The number of likely N-dealkylation sites (tertiary alicyclic amines) is 1. The molecule has 5 heteroatoms. The number of nitrogens with one attached hydrogen (secondary N) is 1. The fourth-order valence-corrected chi connectivity index (χ4v) is 2.47. The Morgan fingerprint density at radius 3 is 2.48 bits per heavy atom. The Balaban J connectivity index is 2.12. The van der Waals surface area contributed by atoms with E-state index in [1.807, 2.05) is 18.7 Å². The predicted molar refractivity (Wildman–Crippen MR) is 81.2 cm³/mol. The molecule has 0 unspecified atom stereocenters. The van der Waals surface area contributed by atoms with E-state index >= 15 is 0 Å². The van der Waals surface area contributed by atoms with Gasteiger partial charge in [-0.2, -0.15) is 0 Å². The van der Waals surface area contributed by atoms with E-state index < -0.39 is 0 Å². The molecule has 2 amide bonds. The van der Waals surface area contributed by atoms with Crippen LogP contribution in [0.25, 0.3) is 0 Å². The Kier molecular flexibility index (Phi) is 5.31. The van der Waals surface area contributed by atoms with Crippen molar-refractivity contribution in [2.24, 2.45) is 0 Å². The van der Waals surface area contributed by atoms with E-state index in [1.165, 1.54) is 19.0 Å². The summed E-state index contributed by atoms with van der Waals surface area (Å²) in [5.41, 5.74) is 0.838. The van der Waals surface area contributed by atoms with E-state index in [4.69, 9.17) is 0 Å². The minimum absolute atomic E-state index is 0.0652. The van der Waals surface area contributed by atoms with Crippen molar-refractivity contribution in [2.75, 3.05) is 13.1 Å². The number of amides is 2. The molecule has 1 aromatic heterocycles. The molecule has 1 aliphatic rings. The molecule has 2 rings (SSSR count). The lowest BCUT2D eigenvalue weighted by molar-refractivity contribution is 0.0756. The number of rotatable bonds is 3. The van der Waals surface area contributed by atoms with Crippen LogP contribution in [0.15, 0.2) is 18.3 Å². The molecule has 0 aliphatic carbocycles. The molecule has 1 aliphatic heterocycles. The SMILES string of the molecule is CC(C)NC(=O)c1ccnc(C(=O)N2CCCCCC2)c1. The first-order valence-corrected chi connectivity index (χ1v) is 7.64. The Labute approximate surface area is 125 Å². The third-order valence-corrected chi connectivity index (χ3v) is 3.55. The van der Waals surface area contributed by atoms with Gasteiger partial charge in [0, 0.05) is 30.9 Å². The smallest absolute Gasteiger partial charge is 0.272 e. The van der Waals surface area contributed by atoms with E-state index in [1.54, 1.807) is 12.1 Å². The number of pyridine rings is 1. The van der Waals surface area contributed by atoms with E-state index in [2.05, 4.69) is 10.3 Å². The molecule has 0 saturated carbocycles. The van der Waals surface area contributed by atoms with Crippen LogP contribution >= 0.6 is 0 Å². The molecular formula is C16H23N3O2. The van der Waals surface area contributed by atoms with Crippen LogP contribution in [0.2, 0.25) is 0 Å². The van der Waals surface area contributed by atoms with Gasteiger partial charge >= 0.3 is 0 Å². The van der Waals surface area contributed by atoms with Crippen LogP contribution in [0, 0.1) is 0 Å². The fraction of sp³-hybridized carbons (Fsp3) is 0.562. The summed E-state index contributed by atoms with van der Waals surface area (Å²) in [5, 5.41) is 2.82. The number of hydrogen-bond acceptors (Lipinski definition) is 3. The topological polar surface area (TPSA) is 62.3 Å². The van der Waals surface area contributed by atoms with Crippen LogP contribution in [-0.4, -0.2) is 40.8 Å². The summed E-state index contributed by atoms with van der Waals surface area (Å²) in [7, 11) is 0. The quantitative estimate of drug-likeness (QED) is 0.928. The summed E-state index contributed by atoms with van der Waals surface area (Å²) in [6.45, 7) is 5.37. The minimum Gasteiger partial charge on any atom is -0.350 e. The summed E-state index contributed by atoms with van der Waals surface area (Å²) < 4.78 is 0. The lowest BCUT2D eigenvalue weighted by Gasteiger charge is -2.20. The maximum Gasteiger partial charge on any atom is 0.272 e. The second-order valence-corrected chi connectivity index (χ2v) is 5.76. The zero-order valence-electron chi connectivity index (χ0n) is 12.8. The van der Waals surface area contributed by atoms with Crippen molar-refractivity contribution in [3.05, 3.63) is 29.6 Å². The summed E-state index contributed by atoms with van der Waals surface area (Å²) in [6, 6.07) is 3.29. The lowest BCUT2D eigenvalue weighted by Crippen LogP contribution is -2.33. The highest BCUT2D eigenvalue weighted by atomic mass is 16.2. The highest BCUT2D eigenvalue weighted by Crippen LogP contribution is 2.13. The number of carbonyl (C=O) groups excluding carboxylic acids is 2. The molecule has 0 bridgehead atoms. The monoisotopic (exact) mass is 289 g/mol. The molecular weight excluding hydrogens is 266 g/mol. The van der Waals surface area contributed by atoms with Gasteiger partial charge in [0.1, 0.15) is 5.69 Å². The summed E-state index contributed by atoms with van der Waals surface area (Å²) in [5.74, 6) is -0.242. The molecule has 1 N–H and O–H groups in total. The van der Waals surface area contributed by atoms with Crippen LogP contribution in [0.1, 0.15) is 60.4 Å². The van der Waals surface area contributed by atoms with Gasteiger partial charge in [0.25, 0.3) is 11.8 Å². The van der Waals surface area contributed by atoms with Crippen LogP contribution in [-0.2, 0) is 0 Å². The third kappa shape index (κ3) is 4.28. The molecule has 1 saturated heterocycles. The largest absolute Gasteiger partial charge is 0.350 e. The first kappa shape index (κ1) is 15.5. The zero-order valence-corrected chi connectivity index (χ0v) is 12.8. The highest BCUT2D eigenvalue weighted by Gasteiger charge is 2.19. The first-order valence-electron chi connectivity index (χ1n) is 7.64. The molecule has 2 heterocycles. The summed E-state index contributed by atoms with van der Waals surface area (Å²) in [4.78, 5) is 30.5. The third-order valence-electron chi connectivity index (χ3n) is 3.55. The van der Waals surface area contributed by atoms with Crippen molar-refractivity contribution in [2.45, 2.75) is 45.6 Å². The van der Waals surface area contributed by atoms with E-state index in [0.717, 1.165) is 25.9 Å². The van der Waals surface area contributed by atoms with Crippen molar-refractivity contribution < 1.29 is 9.59 Å². The number of nitrogens with zero attached hydrogens (tertiary/aromatic N) is 2. The predicted octanol–water partition coefficient (Wildman–Crippen LogP) is 2.24. The summed E-state index contributed by atoms with van der Waals surface area (Å²) >= 11 is 0. The number of carbonyl (C=O) groups is 2. The zero-order chi connectivity index (χ0) is 15.2. The molecule has 114 valence electrons. The molecule has 0 atom stereocenters. The van der Waals surface area contributed by atoms with Crippen LogP contribution in [0.4, 0.5) is 0 Å². The maximum absolute atomic E-state index is 12.5. The van der Waals surface area contributed by atoms with Crippen LogP contribution < -0.4 is 5.32 Å². The molecule has 5 nitrogen and oxygen atoms in total. The number of aromatic nitrogens is 1. The van der Waals surface area contributed by atoms with Crippen LogP contribution in [0.3, 0.4) is 0 Å². The Morgan fingerprint density at radius 2 is 1.86 bits per heavy atom. The normalized spacial score (nSPS) is 15.7. The average molecular weight is 289 g/mol. The second kappa shape index (κ2) is 7.20. The number of hydrogen-bond donors (Lipinski definition) is 1. The van der Waals surface area contributed by atoms with Gasteiger partial charge in [-0.05, 0) is 38.8 Å². The van der Waals surface area contributed by atoms with Crippen molar-refractivity contribution in [3.63, 3.8) is 0 Å². The molecule has 1 aromatic rings. The van der Waals surface area contributed by atoms with Gasteiger partial charge < -0.3 is 10.2 Å². The van der Waals surface area contributed by atoms with Crippen molar-refractivity contribution >= 4 is 11.8 Å². The fourth-order valence-electron chi connectivity index (χ4n) is 2.47. The van der Waals surface area contributed by atoms with E-state index in [9.17, 15) is 9.59 Å². The van der Waals surface area contributed by atoms with Gasteiger partial charge in [0.2, 0.25) is 0 Å². The summed E-state index contributed by atoms with van der Waals surface area (Å²) in [6.07, 6.45) is 5.96. The standard InChI is InChI=1S/C16H23N3O2/c1-12(2)18-15(20)13-7-8-17-14(11-13)16(21)19-9-5-3-4-6-10-19/h7-8,11-12H,3-6,9-10H2,1-2H3,(H,18,20). The van der Waals surface area contributed by atoms with Gasteiger partial charge in [-0.1, -0.05) is 12.8 Å². The van der Waals surface area contributed by atoms with Crippen LogP contribution in [0.5, 0.6) is 0 Å². The molecule has 0 aromatic carbocycles. The lowest BCUT2D eigenvalue weighted by atomic mass is 10.2. The Bertz CT molecular complexity index is 506. The van der Waals surface area contributed by atoms with Gasteiger partial charge in [-0.3, -0.25) is 14.6 Å². The molecule has 21 heavy (non-hydrogen) atoms. The molecule has 0 radical (unpaired) electrons. The minimum atomic E-state index is -0.169. The average Bonchev–Trinajstić information content (AvgIpc) is 2.75. The maximum atomic E-state index is 12.5. The molecule has 0 spiro atoms. The van der Waals surface area contributed by atoms with Crippen molar-refractivity contribution in [1.29, 1.82) is 0 Å². The molecule has 1 fully saturated rings. The Hall–Kier alpha value is -1.91. The van der Waals surface area contributed by atoms with E-state index in [0.29, 0.717) is 11.3 Å². The van der Waals surface area contributed by atoms with Crippen molar-refractivity contribution in [1.82, 2.24) is 15.2 Å². The van der Waals surface area contributed by atoms with E-state index in [-0.39, 0.29) is 17.9 Å². The van der Waals surface area contributed by atoms with Crippen molar-refractivity contribution in [3.8, 4) is 0 Å². The first-order chi connectivity index (χ1) is 10.1.